The van der Waals surface area contributed by atoms with E-state index in [-0.39, 0.29) is 24.2 Å². The van der Waals surface area contributed by atoms with Crippen LogP contribution in [0.1, 0.15) is 25.6 Å². The van der Waals surface area contributed by atoms with Gasteiger partial charge >= 0.3 is 0 Å². The first-order chi connectivity index (χ1) is 9.58. The Morgan fingerprint density at radius 2 is 2.25 bits per heavy atom. The average molecular weight is 294 g/mol. The molecule has 20 heavy (non-hydrogen) atoms. The summed E-state index contributed by atoms with van der Waals surface area (Å²) >= 11 is 1.76. The van der Waals surface area contributed by atoms with Crippen LogP contribution < -0.4 is 10.1 Å². The van der Waals surface area contributed by atoms with Crippen LogP contribution in [0, 0.1) is 0 Å². The van der Waals surface area contributed by atoms with E-state index < -0.39 is 0 Å². The molecule has 1 saturated heterocycles. The van der Waals surface area contributed by atoms with Crippen LogP contribution in [0.15, 0.2) is 24.3 Å². The molecule has 0 saturated carbocycles. The Kier molecular flexibility index (Phi) is 4.94. The molecular formula is C15H22N2O2S. The second-order valence-electron chi connectivity index (χ2n) is 5.12. The van der Waals surface area contributed by atoms with Crippen LogP contribution in [0.5, 0.6) is 5.75 Å². The van der Waals surface area contributed by atoms with Crippen LogP contribution in [0.25, 0.3) is 0 Å². The number of rotatable bonds is 5. The van der Waals surface area contributed by atoms with Crippen molar-refractivity contribution in [1.82, 2.24) is 10.2 Å². The van der Waals surface area contributed by atoms with E-state index in [9.17, 15) is 4.79 Å². The predicted molar refractivity (Wildman–Crippen MR) is 83.0 cm³/mol. The SMILES string of the molecule is COc1cccc(C2NC(C)C(=O)N2C(C)CSC)c1. The highest BCUT2D eigenvalue weighted by molar-refractivity contribution is 7.98. The molecule has 110 valence electrons. The fraction of sp³-hybridized carbons (Fsp3) is 0.533. The normalized spacial score (nSPS) is 24.0. The Morgan fingerprint density at radius 1 is 1.50 bits per heavy atom. The minimum absolute atomic E-state index is 0.0743. The lowest BCUT2D eigenvalue weighted by Crippen LogP contribution is -2.39. The fourth-order valence-corrected chi connectivity index (χ4v) is 3.24. The van der Waals surface area contributed by atoms with Crippen LogP contribution in [0.2, 0.25) is 0 Å². The molecule has 5 heteroatoms. The fourth-order valence-electron chi connectivity index (χ4n) is 2.60. The number of methoxy groups -OCH3 is 1. The second-order valence-corrected chi connectivity index (χ2v) is 6.03. The predicted octanol–water partition coefficient (Wildman–Crippen LogP) is 2.27. The average Bonchev–Trinajstić information content (AvgIpc) is 2.75. The molecule has 2 rings (SSSR count). The maximum Gasteiger partial charge on any atom is 0.241 e. The molecule has 0 aliphatic carbocycles. The number of nitrogens with zero attached hydrogens (tertiary/aromatic N) is 1. The molecule has 1 heterocycles. The van der Waals surface area contributed by atoms with Gasteiger partial charge in [0.2, 0.25) is 5.91 Å². The third kappa shape index (κ3) is 2.94. The first-order valence-corrected chi connectivity index (χ1v) is 8.19. The largest absolute Gasteiger partial charge is 0.497 e. The van der Waals surface area contributed by atoms with Crippen LogP contribution in [0.3, 0.4) is 0 Å². The molecule has 3 unspecified atom stereocenters. The van der Waals surface area contributed by atoms with Gasteiger partial charge in [0.05, 0.1) is 13.2 Å². The Bertz CT molecular complexity index is 481. The molecule has 0 radical (unpaired) electrons. The van der Waals surface area contributed by atoms with Crippen molar-refractivity contribution >= 4 is 17.7 Å². The summed E-state index contributed by atoms with van der Waals surface area (Å²) in [6, 6.07) is 7.95. The zero-order valence-corrected chi connectivity index (χ0v) is 13.2. The number of amides is 1. The van der Waals surface area contributed by atoms with Gasteiger partial charge in [-0.2, -0.15) is 11.8 Å². The van der Waals surface area contributed by atoms with E-state index in [0.717, 1.165) is 17.1 Å². The lowest BCUT2D eigenvalue weighted by molar-refractivity contribution is -0.131. The second kappa shape index (κ2) is 6.50. The van der Waals surface area contributed by atoms with Crippen molar-refractivity contribution in [2.45, 2.75) is 32.1 Å². The van der Waals surface area contributed by atoms with E-state index in [2.05, 4.69) is 18.5 Å². The summed E-state index contributed by atoms with van der Waals surface area (Å²) in [4.78, 5) is 14.3. The smallest absolute Gasteiger partial charge is 0.241 e. The van der Waals surface area contributed by atoms with E-state index in [0.29, 0.717) is 0 Å². The first-order valence-electron chi connectivity index (χ1n) is 6.79. The zero-order chi connectivity index (χ0) is 14.7. The molecule has 1 aromatic carbocycles. The lowest BCUT2D eigenvalue weighted by Gasteiger charge is -2.30. The third-order valence-electron chi connectivity index (χ3n) is 3.60. The minimum atomic E-state index is -0.143. The topological polar surface area (TPSA) is 41.6 Å². The summed E-state index contributed by atoms with van der Waals surface area (Å²) in [5, 5.41) is 3.37. The number of nitrogens with one attached hydrogen (secondary N) is 1. The van der Waals surface area contributed by atoms with Gasteiger partial charge in [0.15, 0.2) is 0 Å². The quantitative estimate of drug-likeness (QED) is 0.904. The highest BCUT2D eigenvalue weighted by atomic mass is 32.2. The first kappa shape index (κ1) is 15.2. The number of carbonyl (C=O) groups is 1. The molecule has 0 spiro atoms. The van der Waals surface area contributed by atoms with Crippen LogP contribution in [-0.4, -0.2) is 42.0 Å². The number of benzene rings is 1. The van der Waals surface area contributed by atoms with Gasteiger partial charge in [-0.25, -0.2) is 0 Å². The number of ether oxygens (including phenoxy) is 1. The standard InChI is InChI=1S/C15H22N2O2S/c1-10(9-20-4)17-14(16-11(2)15(17)18)12-6-5-7-13(8-12)19-3/h5-8,10-11,14,16H,9H2,1-4H3. The number of hydrogen-bond acceptors (Lipinski definition) is 4. The van der Waals surface area contributed by atoms with Crippen molar-refractivity contribution in [3.63, 3.8) is 0 Å². The molecule has 1 amide bonds. The van der Waals surface area contributed by atoms with Crippen molar-refractivity contribution in [3.8, 4) is 5.75 Å². The summed E-state index contributed by atoms with van der Waals surface area (Å²) in [7, 11) is 1.66. The maximum atomic E-state index is 12.4. The Hall–Kier alpha value is -1.20. The van der Waals surface area contributed by atoms with Crippen LogP contribution >= 0.6 is 11.8 Å². The van der Waals surface area contributed by atoms with Crippen molar-refractivity contribution in [1.29, 1.82) is 0 Å². The van der Waals surface area contributed by atoms with Gasteiger partial charge in [-0.1, -0.05) is 12.1 Å². The summed E-state index contributed by atoms with van der Waals surface area (Å²) < 4.78 is 5.28. The van der Waals surface area contributed by atoms with Gasteiger partial charge in [0.25, 0.3) is 0 Å². The summed E-state index contributed by atoms with van der Waals surface area (Å²) in [5.41, 5.74) is 1.06. The van der Waals surface area contributed by atoms with E-state index in [1.54, 1.807) is 18.9 Å². The summed E-state index contributed by atoms with van der Waals surface area (Å²) in [5.74, 6) is 1.91. The van der Waals surface area contributed by atoms with Crippen molar-refractivity contribution in [3.05, 3.63) is 29.8 Å². The molecular weight excluding hydrogens is 272 g/mol. The van der Waals surface area contributed by atoms with E-state index in [1.165, 1.54) is 0 Å². The molecule has 0 bridgehead atoms. The van der Waals surface area contributed by atoms with E-state index >= 15 is 0 Å². The molecule has 0 aromatic heterocycles. The maximum absolute atomic E-state index is 12.4. The minimum Gasteiger partial charge on any atom is -0.497 e. The molecule has 4 nitrogen and oxygen atoms in total. The molecule has 1 N–H and O–H groups in total. The van der Waals surface area contributed by atoms with Gasteiger partial charge in [-0.15, -0.1) is 0 Å². The van der Waals surface area contributed by atoms with Crippen molar-refractivity contribution in [2.24, 2.45) is 0 Å². The Balaban J connectivity index is 2.29. The Morgan fingerprint density at radius 3 is 2.90 bits per heavy atom. The number of carbonyl (C=O) groups excluding carboxylic acids is 1. The summed E-state index contributed by atoms with van der Waals surface area (Å²) in [6.07, 6.45) is 1.99. The van der Waals surface area contributed by atoms with Crippen LogP contribution in [0.4, 0.5) is 0 Å². The Labute approximate surface area is 124 Å². The summed E-state index contributed by atoms with van der Waals surface area (Å²) in [6.45, 7) is 4.02. The van der Waals surface area contributed by atoms with Gasteiger partial charge in [0, 0.05) is 11.8 Å². The zero-order valence-electron chi connectivity index (χ0n) is 12.4. The van der Waals surface area contributed by atoms with Gasteiger partial charge in [-0.05, 0) is 37.8 Å². The molecule has 1 aromatic rings. The van der Waals surface area contributed by atoms with Gasteiger partial charge in [-0.3, -0.25) is 10.1 Å². The van der Waals surface area contributed by atoms with Gasteiger partial charge in [0.1, 0.15) is 11.9 Å². The lowest BCUT2D eigenvalue weighted by atomic mass is 10.1. The van der Waals surface area contributed by atoms with Crippen molar-refractivity contribution < 1.29 is 9.53 Å². The van der Waals surface area contributed by atoms with Crippen LogP contribution in [-0.2, 0) is 4.79 Å². The van der Waals surface area contributed by atoms with E-state index in [4.69, 9.17) is 4.74 Å². The molecule has 1 aliphatic heterocycles. The molecule has 1 fully saturated rings. The number of thioether (sulfide) groups is 1. The third-order valence-corrected chi connectivity index (χ3v) is 4.42. The van der Waals surface area contributed by atoms with Crippen molar-refractivity contribution in [2.75, 3.05) is 19.1 Å². The number of hydrogen-bond donors (Lipinski definition) is 1. The highest BCUT2D eigenvalue weighted by Crippen LogP contribution is 2.30. The monoisotopic (exact) mass is 294 g/mol. The van der Waals surface area contributed by atoms with E-state index in [1.807, 2.05) is 36.1 Å². The molecule has 1 aliphatic rings. The highest BCUT2D eigenvalue weighted by Gasteiger charge is 2.39. The van der Waals surface area contributed by atoms with Gasteiger partial charge < -0.3 is 9.64 Å². The molecule has 3 atom stereocenters.